The van der Waals surface area contributed by atoms with Crippen molar-refractivity contribution in [2.75, 3.05) is 0 Å². The summed E-state index contributed by atoms with van der Waals surface area (Å²) in [4.78, 5) is 22.8. The van der Waals surface area contributed by atoms with Gasteiger partial charge in [-0.3, -0.25) is 14.8 Å². The molecule has 1 N–H and O–H groups in total. The monoisotopic (exact) mass is 273 g/mol. The van der Waals surface area contributed by atoms with Gasteiger partial charge in [-0.2, -0.15) is 0 Å². The van der Waals surface area contributed by atoms with Gasteiger partial charge in [0.15, 0.2) is 0 Å². The van der Waals surface area contributed by atoms with Gasteiger partial charge in [0, 0.05) is 41.9 Å². The van der Waals surface area contributed by atoms with Crippen molar-refractivity contribution in [1.29, 1.82) is 0 Å². The van der Waals surface area contributed by atoms with Crippen molar-refractivity contribution < 1.29 is 0 Å². The van der Waals surface area contributed by atoms with Crippen molar-refractivity contribution in [1.82, 2.24) is 15.0 Å². The van der Waals surface area contributed by atoms with Gasteiger partial charge < -0.3 is 4.98 Å². The molecule has 3 aromatic heterocycles. The van der Waals surface area contributed by atoms with E-state index in [0.29, 0.717) is 5.39 Å². The van der Waals surface area contributed by atoms with Crippen LogP contribution in [0.3, 0.4) is 0 Å². The van der Waals surface area contributed by atoms with Gasteiger partial charge in [-0.1, -0.05) is 12.1 Å². The van der Waals surface area contributed by atoms with Crippen molar-refractivity contribution in [3.8, 4) is 11.1 Å². The number of aromatic amines is 1. The van der Waals surface area contributed by atoms with Crippen LogP contribution in [0.2, 0.25) is 0 Å². The fourth-order valence-corrected chi connectivity index (χ4v) is 2.59. The molecule has 4 heteroatoms. The smallest absolute Gasteiger partial charge is 0.257 e. The molecular weight excluding hydrogens is 262 g/mol. The molecule has 0 fully saturated rings. The Hall–Kier alpha value is -3.01. The third-order valence-electron chi connectivity index (χ3n) is 3.66. The van der Waals surface area contributed by atoms with Crippen LogP contribution in [0.5, 0.6) is 0 Å². The Balaban J connectivity index is 2.04. The van der Waals surface area contributed by atoms with Gasteiger partial charge in [0.1, 0.15) is 0 Å². The molecule has 4 aromatic rings. The highest BCUT2D eigenvalue weighted by atomic mass is 16.1. The van der Waals surface area contributed by atoms with Crippen LogP contribution in [-0.2, 0) is 0 Å². The highest BCUT2D eigenvalue weighted by Gasteiger charge is 2.07. The number of nitrogens with one attached hydrogen (secondary N) is 1. The van der Waals surface area contributed by atoms with E-state index in [9.17, 15) is 4.79 Å². The van der Waals surface area contributed by atoms with E-state index in [0.717, 1.165) is 27.3 Å². The minimum Gasteiger partial charge on any atom is -0.328 e. The summed E-state index contributed by atoms with van der Waals surface area (Å²) in [6.45, 7) is 0. The van der Waals surface area contributed by atoms with Crippen LogP contribution in [0.15, 0.2) is 66.1 Å². The van der Waals surface area contributed by atoms with Gasteiger partial charge in [-0.25, -0.2) is 0 Å². The number of nitrogens with zero attached hydrogens (tertiary/aromatic N) is 2. The summed E-state index contributed by atoms with van der Waals surface area (Å²) in [6, 6.07) is 10.0. The van der Waals surface area contributed by atoms with Crippen molar-refractivity contribution in [2.45, 2.75) is 0 Å². The van der Waals surface area contributed by atoms with E-state index >= 15 is 0 Å². The summed E-state index contributed by atoms with van der Waals surface area (Å²) in [5, 5.41) is 3.72. The molecule has 0 unspecified atom stereocenters. The minimum atomic E-state index is -0.119. The van der Waals surface area contributed by atoms with E-state index < -0.39 is 0 Å². The maximum Gasteiger partial charge on any atom is 0.257 e. The lowest BCUT2D eigenvalue weighted by molar-refractivity contribution is 1.26. The molecule has 0 saturated carbocycles. The molecule has 4 nitrogen and oxygen atoms in total. The number of hydrogen-bond donors (Lipinski definition) is 1. The van der Waals surface area contributed by atoms with Gasteiger partial charge in [-0.05, 0) is 34.5 Å². The zero-order chi connectivity index (χ0) is 14.2. The number of hydrogen-bond acceptors (Lipinski definition) is 3. The van der Waals surface area contributed by atoms with Crippen molar-refractivity contribution >= 4 is 21.5 Å². The third-order valence-corrected chi connectivity index (χ3v) is 3.66. The van der Waals surface area contributed by atoms with E-state index in [4.69, 9.17) is 0 Å². The molecule has 0 atom stereocenters. The molecule has 1 aromatic carbocycles. The predicted molar refractivity (Wildman–Crippen MR) is 83.1 cm³/mol. The fourth-order valence-electron chi connectivity index (χ4n) is 2.59. The summed E-state index contributed by atoms with van der Waals surface area (Å²) in [7, 11) is 0. The van der Waals surface area contributed by atoms with Gasteiger partial charge in [0.05, 0.1) is 5.39 Å². The number of pyridine rings is 3. The van der Waals surface area contributed by atoms with Gasteiger partial charge >= 0.3 is 0 Å². The average Bonchev–Trinajstić information content (AvgIpc) is 2.55. The van der Waals surface area contributed by atoms with Crippen LogP contribution in [0.4, 0.5) is 0 Å². The first-order valence-electron chi connectivity index (χ1n) is 6.62. The van der Waals surface area contributed by atoms with Crippen LogP contribution in [0.25, 0.3) is 32.7 Å². The highest BCUT2D eigenvalue weighted by molar-refractivity contribution is 5.97. The number of aromatic nitrogens is 3. The lowest BCUT2D eigenvalue weighted by Crippen LogP contribution is -2.06. The summed E-state index contributed by atoms with van der Waals surface area (Å²) >= 11 is 0. The van der Waals surface area contributed by atoms with E-state index in [1.807, 2.05) is 30.5 Å². The molecule has 21 heavy (non-hydrogen) atoms. The van der Waals surface area contributed by atoms with E-state index in [-0.39, 0.29) is 5.56 Å². The first-order chi connectivity index (χ1) is 10.3. The molecular formula is C17H11N3O. The Bertz CT molecular complexity index is 1020. The van der Waals surface area contributed by atoms with Gasteiger partial charge in [0.2, 0.25) is 0 Å². The summed E-state index contributed by atoms with van der Waals surface area (Å²) in [5.74, 6) is 0. The summed E-state index contributed by atoms with van der Waals surface area (Å²) in [5.41, 5.74) is 1.93. The van der Waals surface area contributed by atoms with E-state index in [1.54, 1.807) is 24.8 Å². The molecule has 0 spiro atoms. The fraction of sp³-hybridized carbons (Fsp3) is 0. The second-order valence-electron chi connectivity index (χ2n) is 4.89. The third kappa shape index (κ3) is 1.89. The predicted octanol–water partition coefficient (Wildman–Crippen LogP) is 3.14. The van der Waals surface area contributed by atoms with Crippen LogP contribution in [0, 0.1) is 0 Å². The van der Waals surface area contributed by atoms with Crippen LogP contribution < -0.4 is 5.56 Å². The first kappa shape index (κ1) is 11.8. The number of benzene rings is 1. The standard InChI is InChI=1S/C17H11N3O/c21-17-16-9-19-6-4-14(16)15(10-20-17)12-1-2-13-8-18-5-3-11(13)7-12/h1-10H,(H,20,21). The Morgan fingerprint density at radius 3 is 2.67 bits per heavy atom. The quantitative estimate of drug-likeness (QED) is 0.579. The molecule has 4 rings (SSSR count). The Kier molecular flexibility index (Phi) is 2.54. The summed E-state index contributed by atoms with van der Waals surface area (Å²) in [6.07, 6.45) is 8.68. The number of H-pyrrole nitrogens is 1. The van der Waals surface area contributed by atoms with Crippen molar-refractivity contribution in [3.05, 3.63) is 71.7 Å². The van der Waals surface area contributed by atoms with Gasteiger partial charge in [0.25, 0.3) is 5.56 Å². The normalized spacial score (nSPS) is 11.0. The maximum atomic E-state index is 11.9. The van der Waals surface area contributed by atoms with Crippen LogP contribution >= 0.6 is 0 Å². The van der Waals surface area contributed by atoms with Crippen LogP contribution in [0.1, 0.15) is 0 Å². The van der Waals surface area contributed by atoms with Crippen molar-refractivity contribution in [2.24, 2.45) is 0 Å². The largest absolute Gasteiger partial charge is 0.328 e. The lowest BCUT2D eigenvalue weighted by atomic mass is 10.00. The average molecular weight is 273 g/mol. The molecule has 0 bridgehead atoms. The molecule has 0 saturated heterocycles. The van der Waals surface area contributed by atoms with E-state index in [1.165, 1.54) is 0 Å². The molecule has 0 amide bonds. The molecule has 3 heterocycles. The zero-order valence-electron chi connectivity index (χ0n) is 11.1. The van der Waals surface area contributed by atoms with Crippen molar-refractivity contribution in [3.63, 3.8) is 0 Å². The second-order valence-corrected chi connectivity index (χ2v) is 4.89. The molecule has 0 aliphatic carbocycles. The Morgan fingerprint density at radius 1 is 0.857 bits per heavy atom. The summed E-state index contributed by atoms with van der Waals surface area (Å²) < 4.78 is 0. The van der Waals surface area contributed by atoms with Gasteiger partial charge in [-0.15, -0.1) is 0 Å². The van der Waals surface area contributed by atoms with E-state index in [2.05, 4.69) is 21.0 Å². The minimum absolute atomic E-state index is 0.119. The number of rotatable bonds is 1. The number of fused-ring (bicyclic) bond motifs is 2. The van der Waals surface area contributed by atoms with Crippen LogP contribution in [-0.4, -0.2) is 15.0 Å². The maximum absolute atomic E-state index is 11.9. The SMILES string of the molecule is O=c1[nH]cc(-c2ccc3cnccc3c2)c2ccncc12. The Labute approximate surface area is 120 Å². The lowest BCUT2D eigenvalue weighted by Gasteiger charge is -2.07. The topological polar surface area (TPSA) is 58.6 Å². The second kappa shape index (κ2) is 4.52. The molecule has 100 valence electrons. The molecule has 0 aliphatic rings. The highest BCUT2D eigenvalue weighted by Crippen LogP contribution is 2.28. The molecule has 0 aliphatic heterocycles. The Morgan fingerprint density at radius 2 is 1.71 bits per heavy atom. The molecule has 0 radical (unpaired) electrons. The first-order valence-corrected chi connectivity index (χ1v) is 6.62. The zero-order valence-corrected chi connectivity index (χ0v) is 11.1.